The van der Waals surface area contributed by atoms with E-state index in [1.807, 2.05) is 31.2 Å². The molecule has 19 heavy (non-hydrogen) atoms. The lowest BCUT2D eigenvalue weighted by Crippen LogP contribution is -2.22. The van der Waals surface area contributed by atoms with Gasteiger partial charge in [0.1, 0.15) is 5.75 Å². The molecule has 5 heteroatoms. The Labute approximate surface area is 112 Å². The van der Waals surface area contributed by atoms with E-state index in [2.05, 4.69) is 5.32 Å². The van der Waals surface area contributed by atoms with E-state index >= 15 is 0 Å². The third kappa shape index (κ3) is 5.51. The summed E-state index contributed by atoms with van der Waals surface area (Å²) in [6, 6.07) is 7.32. The first-order chi connectivity index (χ1) is 8.98. The SMILES string of the molecule is CCNC(CCCC(F)(F)F)c1ccccc1OC. The highest BCUT2D eigenvalue weighted by molar-refractivity contribution is 5.35. The maximum absolute atomic E-state index is 12.2. The third-order valence-electron chi connectivity index (χ3n) is 2.92. The Morgan fingerprint density at radius 1 is 1.26 bits per heavy atom. The van der Waals surface area contributed by atoms with Crippen molar-refractivity contribution in [3.8, 4) is 5.75 Å². The number of ether oxygens (including phenoxy) is 1. The van der Waals surface area contributed by atoms with Gasteiger partial charge in [0.2, 0.25) is 0 Å². The van der Waals surface area contributed by atoms with Crippen LogP contribution < -0.4 is 10.1 Å². The molecule has 0 saturated carbocycles. The van der Waals surface area contributed by atoms with Crippen molar-refractivity contribution in [3.05, 3.63) is 29.8 Å². The van der Waals surface area contributed by atoms with Gasteiger partial charge in [-0.25, -0.2) is 0 Å². The van der Waals surface area contributed by atoms with Crippen LogP contribution in [-0.4, -0.2) is 19.8 Å². The number of hydrogen-bond acceptors (Lipinski definition) is 2. The molecule has 1 aromatic rings. The molecule has 1 atom stereocenters. The lowest BCUT2D eigenvalue weighted by atomic mass is 10.00. The molecule has 0 saturated heterocycles. The summed E-state index contributed by atoms with van der Waals surface area (Å²) in [4.78, 5) is 0. The Kier molecular flexibility index (Phi) is 6.15. The fourth-order valence-corrected chi connectivity index (χ4v) is 2.07. The van der Waals surface area contributed by atoms with Gasteiger partial charge in [-0.2, -0.15) is 13.2 Å². The summed E-state index contributed by atoms with van der Waals surface area (Å²) < 4.78 is 41.8. The van der Waals surface area contributed by atoms with Crippen LogP contribution in [0.2, 0.25) is 0 Å². The van der Waals surface area contributed by atoms with Crippen LogP contribution in [0.1, 0.15) is 37.8 Å². The van der Waals surface area contributed by atoms with Gasteiger partial charge in [0.15, 0.2) is 0 Å². The van der Waals surface area contributed by atoms with E-state index in [1.165, 1.54) is 0 Å². The van der Waals surface area contributed by atoms with Crippen molar-refractivity contribution in [2.24, 2.45) is 0 Å². The number of hydrogen-bond donors (Lipinski definition) is 1. The van der Waals surface area contributed by atoms with Crippen LogP contribution in [0.5, 0.6) is 5.75 Å². The molecule has 0 aliphatic rings. The van der Waals surface area contributed by atoms with Gasteiger partial charge in [-0.15, -0.1) is 0 Å². The largest absolute Gasteiger partial charge is 0.496 e. The zero-order chi connectivity index (χ0) is 14.3. The Balaban J connectivity index is 2.71. The second-order valence-electron chi connectivity index (χ2n) is 4.36. The number of rotatable bonds is 7. The molecular weight excluding hydrogens is 255 g/mol. The van der Waals surface area contributed by atoms with E-state index < -0.39 is 12.6 Å². The van der Waals surface area contributed by atoms with E-state index in [0.29, 0.717) is 18.7 Å². The Bertz CT molecular complexity index is 379. The maximum atomic E-state index is 12.2. The molecule has 0 bridgehead atoms. The fraction of sp³-hybridized carbons (Fsp3) is 0.571. The van der Waals surface area contributed by atoms with Gasteiger partial charge in [-0.05, 0) is 25.5 Å². The highest BCUT2D eigenvalue weighted by Crippen LogP contribution is 2.30. The molecule has 0 heterocycles. The van der Waals surface area contributed by atoms with Crippen LogP contribution in [0, 0.1) is 0 Å². The summed E-state index contributed by atoms with van der Waals surface area (Å²) in [5.74, 6) is 0.709. The minimum atomic E-state index is -4.09. The molecule has 0 aliphatic carbocycles. The van der Waals surface area contributed by atoms with E-state index in [-0.39, 0.29) is 12.5 Å². The van der Waals surface area contributed by atoms with Crippen molar-refractivity contribution in [1.82, 2.24) is 5.32 Å². The van der Waals surface area contributed by atoms with Crippen molar-refractivity contribution >= 4 is 0 Å². The smallest absolute Gasteiger partial charge is 0.389 e. The first kappa shape index (κ1) is 15.8. The minimum absolute atomic E-state index is 0.108. The molecule has 1 N–H and O–H groups in total. The standard InChI is InChI=1S/C14H20F3NO/c1-3-18-12(8-6-10-14(15,16)17)11-7-4-5-9-13(11)19-2/h4-5,7,9,12,18H,3,6,8,10H2,1-2H3. The Morgan fingerprint density at radius 2 is 1.95 bits per heavy atom. The first-order valence-electron chi connectivity index (χ1n) is 6.41. The molecule has 1 rings (SSSR count). The third-order valence-corrected chi connectivity index (χ3v) is 2.92. The van der Waals surface area contributed by atoms with E-state index in [9.17, 15) is 13.2 Å². The van der Waals surface area contributed by atoms with Crippen molar-refractivity contribution in [1.29, 1.82) is 0 Å². The van der Waals surface area contributed by atoms with Crippen molar-refractivity contribution in [3.63, 3.8) is 0 Å². The summed E-state index contributed by atoms with van der Waals surface area (Å²) in [7, 11) is 1.57. The van der Waals surface area contributed by atoms with E-state index in [0.717, 1.165) is 5.56 Å². The van der Waals surface area contributed by atoms with E-state index in [4.69, 9.17) is 4.74 Å². The second-order valence-corrected chi connectivity index (χ2v) is 4.36. The molecular formula is C14H20F3NO. The van der Waals surface area contributed by atoms with Gasteiger partial charge in [-0.1, -0.05) is 25.1 Å². The molecule has 0 aromatic heterocycles. The first-order valence-corrected chi connectivity index (χ1v) is 6.41. The predicted octanol–water partition coefficient (Wildman–Crippen LogP) is 4.08. The number of benzene rings is 1. The summed E-state index contributed by atoms with van der Waals surface area (Å²) in [5.41, 5.74) is 0.911. The molecule has 1 unspecified atom stereocenters. The monoisotopic (exact) mass is 275 g/mol. The minimum Gasteiger partial charge on any atom is -0.496 e. The number of halogens is 3. The highest BCUT2D eigenvalue weighted by Gasteiger charge is 2.27. The van der Waals surface area contributed by atoms with Gasteiger partial charge in [0.25, 0.3) is 0 Å². The van der Waals surface area contributed by atoms with Crippen LogP contribution in [-0.2, 0) is 0 Å². The molecule has 0 amide bonds. The quantitative estimate of drug-likeness (QED) is 0.809. The molecule has 108 valence electrons. The van der Waals surface area contributed by atoms with Crippen LogP contribution in [0.4, 0.5) is 13.2 Å². The van der Waals surface area contributed by atoms with Crippen molar-refractivity contribution in [2.75, 3.05) is 13.7 Å². The molecule has 0 radical (unpaired) electrons. The molecule has 0 aliphatic heterocycles. The number of alkyl halides is 3. The average molecular weight is 275 g/mol. The van der Waals surface area contributed by atoms with Gasteiger partial charge < -0.3 is 10.1 Å². The molecule has 0 spiro atoms. The summed E-state index contributed by atoms with van der Waals surface area (Å²) in [5, 5.41) is 3.21. The molecule has 0 fully saturated rings. The van der Waals surface area contributed by atoms with Crippen LogP contribution >= 0.6 is 0 Å². The second kappa shape index (κ2) is 7.38. The van der Waals surface area contributed by atoms with E-state index in [1.54, 1.807) is 7.11 Å². The number of nitrogens with one attached hydrogen (secondary N) is 1. The lowest BCUT2D eigenvalue weighted by Gasteiger charge is -2.21. The molecule has 1 aromatic carbocycles. The topological polar surface area (TPSA) is 21.3 Å². The zero-order valence-electron chi connectivity index (χ0n) is 11.3. The van der Waals surface area contributed by atoms with Gasteiger partial charge >= 0.3 is 6.18 Å². The van der Waals surface area contributed by atoms with Gasteiger partial charge in [0.05, 0.1) is 7.11 Å². The molecule has 2 nitrogen and oxygen atoms in total. The van der Waals surface area contributed by atoms with Crippen molar-refractivity contribution in [2.45, 2.75) is 38.4 Å². The number of methoxy groups -OCH3 is 1. The fourth-order valence-electron chi connectivity index (χ4n) is 2.07. The maximum Gasteiger partial charge on any atom is 0.389 e. The van der Waals surface area contributed by atoms with Crippen LogP contribution in [0.25, 0.3) is 0 Å². The van der Waals surface area contributed by atoms with Crippen molar-refractivity contribution < 1.29 is 17.9 Å². The predicted molar refractivity (Wildman–Crippen MR) is 69.3 cm³/mol. The highest BCUT2D eigenvalue weighted by atomic mass is 19.4. The Hall–Kier alpha value is -1.23. The van der Waals surface area contributed by atoms with Gasteiger partial charge in [0, 0.05) is 18.0 Å². The number of para-hydroxylation sites is 1. The van der Waals surface area contributed by atoms with Crippen LogP contribution in [0.15, 0.2) is 24.3 Å². The zero-order valence-corrected chi connectivity index (χ0v) is 11.3. The average Bonchev–Trinajstić information content (AvgIpc) is 2.36. The summed E-state index contributed by atoms with van der Waals surface area (Å²) in [6.07, 6.45) is -4.28. The summed E-state index contributed by atoms with van der Waals surface area (Å²) in [6.45, 7) is 2.64. The van der Waals surface area contributed by atoms with Gasteiger partial charge in [-0.3, -0.25) is 0 Å². The normalized spacial score (nSPS) is 13.3. The van der Waals surface area contributed by atoms with Crippen LogP contribution in [0.3, 0.4) is 0 Å². The summed E-state index contributed by atoms with van der Waals surface area (Å²) >= 11 is 0. The lowest BCUT2D eigenvalue weighted by molar-refractivity contribution is -0.135. The Morgan fingerprint density at radius 3 is 2.53 bits per heavy atom.